The molecule has 3 rings (SSSR count). The van der Waals surface area contributed by atoms with Crippen LogP contribution in [0.3, 0.4) is 0 Å². The number of ether oxygens (including phenoxy) is 2. The van der Waals surface area contributed by atoms with E-state index in [1.165, 1.54) is 4.90 Å². The van der Waals surface area contributed by atoms with E-state index in [0.29, 0.717) is 6.42 Å². The zero-order valence-electron chi connectivity index (χ0n) is 17.8. The van der Waals surface area contributed by atoms with E-state index < -0.39 is 17.7 Å². The first kappa shape index (κ1) is 21.8. The molecule has 30 heavy (non-hydrogen) atoms. The number of nitrogens with zero attached hydrogens (tertiary/aromatic N) is 1. The number of hydrogen-bond acceptors (Lipinski definition) is 5. The number of rotatable bonds is 7. The Morgan fingerprint density at radius 3 is 2.10 bits per heavy atom. The standard InChI is InChI=1S/C24H29NO5/c1-24(2,3)30-22(27)15-25(13-8-14-26)23(28)29-16-21-19-11-6-4-9-17(19)18-10-5-7-12-20(18)21/h4-7,9-12,21,26H,8,13-16H2,1-3H3. The molecule has 0 fully saturated rings. The van der Waals surface area contributed by atoms with Crippen LogP contribution >= 0.6 is 0 Å². The van der Waals surface area contributed by atoms with Gasteiger partial charge in [-0.2, -0.15) is 0 Å². The lowest BCUT2D eigenvalue weighted by atomic mass is 9.98. The molecule has 160 valence electrons. The van der Waals surface area contributed by atoms with Gasteiger partial charge in [0.05, 0.1) is 0 Å². The maximum absolute atomic E-state index is 12.7. The maximum Gasteiger partial charge on any atom is 0.410 e. The third-order valence-corrected chi connectivity index (χ3v) is 4.92. The lowest BCUT2D eigenvalue weighted by molar-refractivity contribution is -0.155. The van der Waals surface area contributed by atoms with E-state index in [9.17, 15) is 9.59 Å². The molecule has 1 amide bonds. The molecule has 6 heteroatoms. The van der Waals surface area contributed by atoms with Crippen LogP contribution in [0.25, 0.3) is 11.1 Å². The largest absolute Gasteiger partial charge is 0.459 e. The second-order valence-electron chi connectivity index (χ2n) is 8.39. The molecule has 2 aromatic rings. The first-order chi connectivity index (χ1) is 14.3. The number of aliphatic hydroxyl groups excluding tert-OH is 1. The Kier molecular flexibility index (Phi) is 6.77. The number of benzene rings is 2. The van der Waals surface area contributed by atoms with Crippen molar-refractivity contribution in [3.8, 4) is 11.1 Å². The molecule has 0 atom stereocenters. The zero-order valence-corrected chi connectivity index (χ0v) is 17.8. The van der Waals surface area contributed by atoms with Crippen molar-refractivity contribution < 1.29 is 24.2 Å². The van der Waals surface area contributed by atoms with Gasteiger partial charge in [-0.05, 0) is 49.4 Å². The predicted octanol–water partition coefficient (Wildman–Crippen LogP) is 3.96. The molecule has 1 aliphatic carbocycles. The van der Waals surface area contributed by atoms with E-state index >= 15 is 0 Å². The number of esters is 1. The van der Waals surface area contributed by atoms with E-state index in [-0.39, 0.29) is 32.2 Å². The van der Waals surface area contributed by atoms with Gasteiger partial charge in [-0.1, -0.05) is 48.5 Å². The summed E-state index contributed by atoms with van der Waals surface area (Å²) in [5.41, 5.74) is 3.92. The van der Waals surface area contributed by atoms with Gasteiger partial charge in [0.2, 0.25) is 0 Å². The highest BCUT2D eigenvalue weighted by molar-refractivity contribution is 5.80. The van der Waals surface area contributed by atoms with Crippen LogP contribution in [0.5, 0.6) is 0 Å². The van der Waals surface area contributed by atoms with Gasteiger partial charge in [0.25, 0.3) is 0 Å². The van der Waals surface area contributed by atoms with E-state index in [1.807, 2.05) is 24.3 Å². The van der Waals surface area contributed by atoms with E-state index in [2.05, 4.69) is 24.3 Å². The van der Waals surface area contributed by atoms with Crippen molar-refractivity contribution in [2.45, 2.75) is 38.7 Å². The number of hydrogen-bond donors (Lipinski definition) is 1. The van der Waals surface area contributed by atoms with Crippen molar-refractivity contribution in [1.29, 1.82) is 0 Å². The van der Waals surface area contributed by atoms with Gasteiger partial charge < -0.3 is 14.6 Å². The van der Waals surface area contributed by atoms with Gasteiger partial charge >= 0.3 is 12.1 Å². The average Bonchev–Trinajstić information content (AvgIpc) is 3.02. The topological polar surface area (TPSA) is 76.1 Å². The Morgan fingerprint density at radius 2 is 1.57 bits per heavy atom. The van der Waals surface area contributed by atoms with Gasteiger partial charge in [0.1, 0.15) is 18.8 Å². The number of amides is 1. The van der Waals surface area contributed by atoms with Crippen molar-refractivity contribution in [2.75, 3.05) is 26.3 Å². The summed E-state index contributed by atoms with van der Waals surface area (Å²) in [5.74, 6) is -0.559. The SMILES string of the molecule is CC(C)(C)OC(=O)CN(CCCO)C(=O)OCC1c2ccccc2-c2ccccc21. The molecule has 0 bridgehead atoms. The van der Waals surface area contributed by atoms with Crippen LogP contribution in [0.4, 0.5) is 4.79 Å². The predicted molar refractivity (Wildman–Crippen MR) is 114 cm³/mol. The molecule has 0 heterocycles. The van der Waals surface area contributed by atoms with Gasteiger partial charge in [-0.15, -0.1) is 0 Å². The normalized spacial score (nSPS) is 12.8. The van der Waals surface area contributed by atoms with Gasteiger partial charge in [-0.3, -0.25) is 9.69 Å². The molecule has 0 aromatic heterocycles. The van der Waals surface area contributed by atoms with Crippen molar-refractivity contribution in [3.63, 3.8) is 0 Å². The highest BCUT2D eigenvalue weighted by Crippen LogP contribution is 2.44. The summed E-state index contributed by atoms with van der Waals surface area (Å²) in [7, 11) is 0. The minimum atomic E-state index is -0.638. The molecule has 2 aromatic carbocycles. The summed E-state index contributed by atoms with van der Waals surface area (Å²) in [4.78, 5) is 26.2. The average molecular weight is 411 g/mol. The quantitative estimate of drug-likeness (QED) is 0.698. The molecule has 0 unspecified atom stereocenters. The summed E-state index contributed by atoms with van der Waals surface area (Å²) in [5, 5.41) is 9.14. The molecule has 0 saturated carbocycles. The van der Waals surface area contributed by atoms with Gasteiger partial charge in [-0.25, -0.2) is 4.79 Å². The first-order valence-corrected chi connectivity index (χ1v) is 10.2. The Bertz CT molecular complexity index is 857. The van der Waals surface area contributed by atoms with Crippen LogP contribution in [0.15, 0.2) is 48.5 Å². The van der Waals surface area contributed by atoms with Crippen LogP contribution < -0.4 is 0 Å². The van der Waals surface area contributed by atoms with Crippen molar-refractivity contribution in [3.05, 3.63) is 59.7 Å². The third-order valence-electron chi connectivity index (χ3n) is 4.92. The van der Waals surface area contributed by atoms with Gasteiger partial charge in [0, 0.05) is 19.1 Å². The summed E-state index contributed by atoms with van der Waals surface area (Å²) in [6, 6.07) is 16.2. The molecule has 1 N–H and O–H groups in total. The zero-order chi connectivity index (χ0) is 21.7. The van der Waals surface area contributed by atoms with Crippen molar-refractivity contribution in [2.24, 2.45) is 0 Å². The third kappa shape index (κ3) is 5.19. The molecule has 1 aliphatic rings. The summed E-state index contributed by atoms with van der Waals surface area (Å²) >= 11 is 0. The molecular weight excluding hydrogens is 382 g/mol. The molecule has 0 aliphatic heterocycles. The fraction of sp³-hybridized carbons (Fsp3) is 0.417. The van der Waals surface area contributed by atoms with Crippen molar-refractivity contribution >= 4 is 12.1 Å². The molecule has 0 spiro atoms. The highest BCUT2D eigenvalue weighted by Gasteiger charge is 2.30. The number of carbonyl (C=O) groups is 2. The summed E-state index contributed by atoms with van der Waals surface area (Å²) in [6.07, 6.45) is -0.233. The maximum atomic E-state index is 12.7. The van der Waals surface area contributed by atoms with Gasteiger partial charge in [0.15, 0.2) is 0 Å². The Balaban J connectivity index is 1.70. The second kappa shape index (κ2) is 9.30. The minimum Gasteiger partial charge on any atom is -0.459 e. The van der Waals surface area contributed by atoms with Crippen LogP contribution in [-0.2, 0) is 14.3 Å². The number of aliphatic hydroxyl groups is 1. The highest BCUT2D eigenvalue weighted by atomic mass is 16.6. The Hall–Kier alpha value is -2.86. The lowest BCUT2D eigenvalue weighted by Crippen LogP contribution is -2.40. The fourth-order valence-electron chi connectivity index (χ4n) is 3.71. The minimum absolute atomic E-state index is 0.0532. The molecule has 0 radical (unpaired) electrons. The number of carbonyl (C=O) groups excluding carboxylic acids is 2. The lowest BCUT2D eigenvalue weighted by Gasteiger charge is -2.25. The number of fused-ring (bicyclic) bond motifs is 3. The Morgan fingerprint density at radius 1 is 1.00 bits per heavy atom. The molecule has 6 nitrogen and oxygen atoms in total. The monoisotopic (exact) mass is 411 g/mol. The molecule has 0 saturated heterocycles. The van der Waals surface area contributed by atoms with E-state index in [4.69, 9.17) is 14.6 Å². The van der Waals surface area contributed by atoms with Crippen LogP contribution in [0, 0.1) is 0 Å². The van der Waals surface area contributed by atoms with Crippen LogP contribution in [0.2, 0.25) is 0 Å². The second-order valence-corrected chi connectivity index (χ2v) is 8.39. The van der Waals surface area contributed by atoms with Crippen LogP contribution in [0.1, 0.15) is 44.2 Å². The fourth-order valence-corrected chi connectivity index (χ4v) is 3.71. The van der Waals surface area contributed by atoms with Crippen LogP contribution in [-0.4, -0.2) is 54.0 Å². The van der Waals surface area contributed by atoms with Crippen molar-refractivity contribution in [1.82, 2.24) is 4.90 Å². The summed E-state index contributed by atoms with van der Waals surface area (Å²) < 4.78 is 10.9. The Labute approximate surface area is 177 Å². The smallest absolute Gasteiger partial charge is 0.410 e. The molecular formula is C24H29NO5. The van der Waals surface area contributed by atoms with E-state index in [1.54, 1.807) is 20.8 Å². The summed E-state index contributed by atoms with van der Waals surface area (Å²) in [6.45, 7) is 5.42. The first-order valence-electron chi connectivity index (χ1n) is 10.2. The van der Waals surface area contributed by atoms with E-state index in [0.717, 1.165) is 22.3 Å².